The van der Waals surface area contributed by atoms with Crippen LogP contribution in [0.4, 0.5) is 5.69 Å². The highest BCUT2D eigenvalue weighted by atomic mass is 16.2. The number of anilines is 1. The van der Waals surface area contributed by atoms with Crippen molar-refractivity contribution in [1.82, 2.24) is 24.5 Å². The maximum absolute atomic E-state index is 13.0. The SMILES string of the molecule is Cc1cc(C)n(-c2ccc(NC(=O)[C@H]3CCCCN3Cc3cnn(C)c3)cc2)n1. The predicted octanol–water partition coefficient (Wildman–Crippen LogP) is 3.22. The van der Waals surface area contributed by atoms with Gasteiger partial charge in [-0.3, -0.25) is 14.4 Å². The minimum atomic E-state index is -0.111. The zero-order chi connectivity index (χ0) is 20.4. The molecule has 1 atom stereocenters. The number of aryl methyl sites for hydroxylation is 3. The van der Waals surface area contributed by atoms with Crippen LogP contribution in [0, 0.1) is 13.8 Å². The van der Waals surface area contributed by atoms with E-state index in [1.165, 1.54) is 0 Å². The van der Waals surface area contributed by atoms with E-state index in [9.17, 15) is 4.79 Å². The van der Waals surface area contributed by atoms with Crippen molar-refractivity contribution in [3.63, 3.8) is 0 Å². The first-order valence-electron chi connectivity index (χ1n) is 10.2. The van der Waals surface area contributed by atoms with Gasteiger partial charge in [-0.1, -0.05) is 6.42 Å². The summed E-state index contributed by atoms with van der Waals surface area (Å²) in [4.78, 5) is 15.3. The summed E-state index contributed by atoms with van der Waals surface area (Å²) in [5.74, 6) is 0.0625. The Morgan fingerprint density at radius 1 is 1.21 bits per heavy atom. The first-order valence-corrected chi connectivity index (χ1v) is 10.2. The third-order valence-corrected chi connectivity index (χ3v) is 5.45. The van der Waals surface area contributed by atoms with Crippen LogP contribution in [-0.4, -0.2) is 43.0 Å². The first-order chi connectivity index (χ1) is 14.0. The lowest BCUT2D eigenvalue weighted by Crippen LogP contribution is -2.46. The quantitative estimate of drug-likeness (QED) is 0.724. The summed E-state index contributed by atoms with van der Waals surface area (Å²) in [6, 6.07) is 9.80. The molecule has 29 heavy (non-hydrogen) atoms. The maximum atomic E-state index is 13.0. The Kier molecular flexibility index (Phi) is 5.49. The molecule has 2 aromatic heterocycles. The summed E-state index contributed by atoms with van der Waals surface area (Å²) in [5.41, 5.74) is 5.02. The third-order valence-electron chi connectivity index (χ3n) is 5.45. The Morgan fingerprint density at radius 2 is 2.00 bits per heavy atom. The summed E-state index contributed by atoms with van der Waals surface area (Å²) in [5, 5.41) is 11.9. The lowest BCUT2D eigenvalue weighted by Gasteiger charge is -2.34. The van der Waals surface area contributed by atoms with Gasteiger partial charge in [-0.05, 0) is 63.6 Å². The molecule has 3 aromatic rings. The molecule has 1 aliphatic heterocycles. The van der Waals surface area contributed by atoms with Crippen LogP contribution in [0.1, 0.15) is 36.2 Å². The summed E-state index contributed by atoms with van der Waals surface area (Å²) in [7, 11) is 1.92. The lowest BCUT2D eigenvalue weighted by atomic mass is 10.0. The second-order valence-electron chi connectivity index (χ2n) is 7.88. The number of nitrogens with zero attached hydrogens (tertiary/aromatic N) is 5. The first kappa shape index (κ1) is 19.4. The number of likely N-dealkylation sites (tertiary alicyclic amines) is 1. The van der Waals surface area contributed by atoms with Crippen molar-refractivity contribution >= 4 is 11.6 Å². The summed E-state index contributed by atoms with van der Waals surface area (Å²) >= 11 is 0. The number of amides is 1. The van der Waals surface area contributed by atoms with Crippen LogP contribution in [0.15, 0.2) is 42.7 Å². The van der Waals surface area contributed by atoms with Gasteiger partial charge in [-0.2, -0.15) is 10.2 Å². The highest BCUT2D eigenvalue weighted by molar-refractivity contribution is 5.95. The fourth-order valence-corrected chi connectivity index (χ4v) is 4.07. The number of piperidine rings is 1. The molecule has 0 aliphatic carbocycles. The molecule has 1 fully saturated rings. The fourth-order valence-electron chi connectivity index (χ4n) is 4.07. The number of carbonyl (C=O) groups is 1. The van der Waals surface area contributed by atoms with Gasteiger partial charge in [0.2, 0.25) is 5.91 Å². The van der Waals surface area contributed by atoms with Crippen LogP contribution >= 0.6 is 0 Å². The zero-order valence-electron chi connectivity index (χ0n) is 17.3. The molecule has 1 aromatic carbocycles. The molecule has 0 radical (unpaired) electrons. The van der Waals surface area contributed by atoms with Crippen LogP contribution < -0.4 is 5.32 Å². The molecule has 1 aliphatic rings. The van der Waals surface area contributed by atoms with Crippen molar-refractivity contribution in [2.75, 3.05) is 11.9 Å². The van der Waals surface area contributed by atoms with E-state index in [-0.39, 0.29) is 11.9 Å². The molecule has 4 rings (SSSR count). The second-order valence-corrected chi connectivity index (χ2v) is 7.88. The predicted molar refractivity (Wildman–Crippen MR) is 113 cm³/mol. The molecule has 0 unspecified atom stereocenters. The lowest BCUT2D eigenvalue weighted by molar-refractivity contribution is -0.122. The number of hydrogen-bond acceptors (Lipinski definition) is 4. The third kappa shape index (κ3) is 4.40. The Morgan fingerprint density at radius 3 is 2.66 bits per heavy atom. The molecule has 1 saturated heterocycles. The highest BCUT2D eigenvalue weighted by Crippen LogP contribution is 2.22. The van der Waals surface area contributed by atoms with E-state index in [1.54, 1.807) is 4.68 Å². The largest absolute Gasteiger partial charge is 0.325 e. The molecule has 1 N–H and O–H groups in total. The molecule has 152 valence electrons. The van der Waals surface area contributed by atoms with Crippen molar-refractivity contribution in [3.05, 3.63) is 59.7 Å². The molecule has 0 spiro atoms. The van der Waals surface area contributed by atoms with Gasteiger partial charge in [0.25, 0.3) is 0 Å². The monoisotopic (exact) mass is 392 g/mol. The van der Waals surface area contributed by atoms with Crippen LogP contribution in [0.25, 0.3) is 5.69 Å². The van der Waals surface area contributed by atoms with Gasteiger partial charge in [-0.25, -0.2) is 4.68 Å². The Labute approximate surface area is 171 Å². The molecule has 1 amide bonds. The maximum Gasteiger partial charge on any atom is 0.241 e. The smallest absolute Gasteiger partial charge is 0.241 e. The van der Waals surface area contributed by atoms with Crippen LogP contribution in [0.3, 0.4) is 0 Å². The molecule has 0 saturated carbocycles. The van der Waals surface area contributed by atoms with E-state index in [1.807, 2.05) is 62.2 Å². The van der Waals surface area contributed by atoms with Gasteiger partial charge in [0.05, 0.1) is 23.6 Å². The van der Waals surface area contributed by atoms with E-state index in [0.717, 1.165) is 60.7 Å². The summed E-state index contributed by atoms with van der Waals surface area (Å²) in [6.07, 6.45) is 6.98. The Balaban J connectivity index is 1.43. The van der Waals surface area contributed by atoms with E-state index in [4.69, 9.17) is 0 Å². The Bertz CT molecular complexity index is 987. The van der Waals surface area contributed by atoms with Gasteiger partial charge in [0.1, 0.15) is 0 Å². The molecule has 7 nitrogen and oxygen atoms in total. The minimum Gasteiger partial charge on any atom is -0.325 e. The number of hydrogen-bond donors (Lipinski definition) is 1. The van der Waals surface area contributed by atoms with Crippen molar-refractivity contribution in [1.29, 1.82) is 0 Å². The normalized spacial score (nSPS) is 17.4. The number of nitrogens with one attached hydrogen (secondary N) is 1. The molecule has 0 bridgehead atoms. The van der Waals surface area contributed by atoms with Crippen LogP contribution in [0.2, 0.25) is 0 Å². The molecular weight excluding hydrogens is 364 g/mol. The number of carbonyl (C=O) groups excluding carboxylic acids is 1. The standard InChI is InChI=1S/C22H28N6O/c1-16-12-17(2)28(25-16)20-9-7-19(8-10-20)24-22(29)21-6-4-5-11-27(21)15-18-13-23-26(3)14-18/h7-10,12-14,21H,4-6,11,15H2,1-3H3,(H,24,29)/t21-/m1/s1. The van der Waals surface area contributed by atoms with Crippen molar-refractivity contribution in [3.8, 4) is 5.69 Å². The fraction of sp³-hybridized carbons (Fsp3) is 0.409. The van der Waals surface area contributed by atoms with Gasteiger partial charge in [0.15, 0.2) is 0 Å². The van der Waals surface area contributed by atoms with Crippen molar-refractivity contribution < 1.29 is 4.79 Å². The van der Waals surface area contributed by atoms with Crippen LogP contribution in [-0.2, 0) is 18.4 Å². The van der Waals surface area contributed by atoms with Gasteiger partial charge in [-0.15, -0.1) is 0 Å². The zero-order valence-corrected chi connectivity index (χ0v) is 17.3. The van der Waals surface area contributed by atoms with Gasteiger partial charge < -0.3 is 5.32 Å². The van der Waals surface area contributed by atoms with E-state index in [2.05, 4.69) is 26.5 Å². The average Bonchev–Trinajstić information content (AvgIpc) is 3.27. The topological polar surface area (TPSA) is 68.0 Å². The van der Waals surface area contributed by atoms with Crippen LogP contribution in [0.5, 0.6) is 0 Å². The molecule has 7 heteroatoms. The number of aromatic nitrogens is 4. The summed E-state index contributed by atoms with van der Waals surface area (Å²) in [6.45, 7) is 5.71. The Hall–Kier alpha value is -2.93. The summed E-state index contributed by atoms with van der Waals surface area (Å²) < 4.78 is 3.72. The minimum absolute atomic E-state index is 0.0625. The van der Waals surface area contributed by atoms with Gasteiger partial charge in [0, 0.05) is 36.7 Å². The van der Waals surface area contributed by atoms with Crippen molar-refractivity contribution in [2.24, 2.45) is 7.05 Å². The molecular formula is C22H28N6O. The number of rotatable bonds is 5. The molecule has 3 heterocycles. The van der Waals surface area contributed by atoms with Crippen molar-refractivity contribution in [2.45, 2.75) is 45.7 Å². The highest BCUT2D eigenvalue weighted by Gasteiger charge is 2.29. The average molecular weight is 393 g/mol. The van der Waals surface area contributed by atoms with E-state index >= 15 is 0 Å². The van der Waals surface area contributed by atoms with E-state index in [0.29, 0.717) is 0 Å². The second kappa shape index (κ2) is 8.21. The number of benzene rings is 1. The van der Waals surface area contributed by atoms with E-state index < -0.39 is 0 Å². The van der Waals surface area contributed by atoms with Gasteiger partial charge >= 0.3 is 0 Å².